The maximum atomic E-state index is 13.0. The molecule has 0 spiro atoms. The van der Waals surface area contributed by atoms with Gasteiger partial charge in [0.2, 0.25) is 0 Å². The third kappa shape index (κ3) is 4.31. The van der Waals surface area contributed by atoms with Crippen LogP contribution in [0.15, 0.2) is 24.3 Å². The minimum Gasteiger partial charge on any atom is -0.481 e. The van der Waals surface area contributed by atoms with Gasteiger partial charge in [-0.25, -0.2) is 4.79 Å². The molecule has 2 aliphatic rings. The van der Waals surface area contributed by atoms with Crippen LogP contribution < -0.4 is 0 Å². The molecule has 27 heavy (non-hydrogen) atoms. The molecule has 148 valence electrons. The first-order valence-corrected chi connectivity index (χ1v) is 10.5. The highest BCUT2D eigenvalue weighted by molar-refractivity contribution is 7.86. The Balaban J connectivity index is 1.71. The molecule has 1 unspecified atom stereocenters. The quantitative estimate of drug-likeness (QED) is 0.781. The van der Waals surface area contributed by atoms with Crippen molar-refractivity contribution in [2.45, 2.75) is 31.6 Å². The predicted molar refractivity (Wildman–Crippen MR) is 97.8 cm³/mol. The average Bonchev–Trinajstić information content (AvgIpc) is 2.68. The Morgan fingerprint density at radius 1 is 1.00 bits per heavy atom. The maximum Gasteiger partial charge on any atom is 0.335 e. The summed E-state index contributed by atoms with van der Waals surface area (Å²) in [6.07, 6.45) is 2.15. The molecule has 0 aliphatic carbocycles. The summed E-state index contributed by atoms with van der Waals surface area (Å²) in [5.41, 5.74) is 1.03. The van der Waals surface area contributed by atoms with Crippen LogP contribution in [0.2, 0.25) is 0 Å². The molecule has 1 aromatic rings. The van der Waals surface area contributed by atoms with Crippen LogP contribution in [0.3, 0.4) is 0 Å². The van der Waals surface area contributed by atoms with Crippen molar-refractivity contribution in [2.75, 3.05) is 26.2 Å². The molecule has 1 aromatic carbocycles. The summed E-state index contributed by atoms with van der Waals surface area (Å²) in [5, 5.41) is 18.2. The number of carboxylic acids is 2. The fraction of sp³-hybridized carbons (Fsp3) is 0.556. The van der Waals surface area contributed by atoms with Crippen LogP contribution in [0.5, 0.6) is 0 Å². The summed E-state index contributed by atoms with van der Waals surface area (Å²) in [7, 11) is -3.64. The molecule has 2 N–H and O–H groups in total. The molecule has 8 nitrogen and oxygen atoms in total. The molecule has 0 radical (unpaired) electrons. The van der Waals surface area contributed by atoms with Crippen molar-refractivity contribution in [2.24, 2.45) is 5.92 Å². The van der Waals surface area contributed by atoms with Gasteiger partial charge in [0.05, 0.1) is 11.5 Å². The molecule has 2 heterocycles. The van der Waals surface area contributed by atoms with E-state index in [4.69, 9.17) is 10.2 Å². The molecule has 0 bridgehead atoms. The molecule has 2 aliphatic heterocycles. The number of carbonyl (C=O) groups is 2. The second-order valence-electron chi connectivity index (χ2n) is 7.15. The van der Waals surface area contributed by atoms with Crippen LogP contribution in [0, 0.1) is 5.92 Å². The van der Waals surface area contributed by atoms with Crippen LogP contribution >= 0.6 is 0 Å². The van der Waals surface area contributed by atoms with E-state index in [0.29, 0.717) is 32.4 Å². The van der Waals surface area contributed by atoms with Gasteiger partial charge in [0.15, 0.2) is 0 Å². The van der Waals surface area contributed by atoms with E-state index in [9.17, 15) is 18.0 Å². The van der Waals surface area contributed by atoms with Crippen LogP contribution in [0.1, 0.15) is 47.5 Å². The number of aliphatic carboxylic acids is 1. The lowest BCUT2D eigenvalue weighted by atomic mass is 9.91. The van der Waals surface area contributed by atoms with Crippen LogP contribution in [-0.4, -0.2) is 65.4 Å². The van der Waals surface area contributed by atoms with Crippen molar-refractivity contribution in [1.29, 1.82) is 0 Å². The molecule has 0 saturated carbocycles. The first-order valence-electron chi connectivity index (χ1n) is 9.10. The average molecular weight is 396 g/mol. The number of piperidine rings is 2. The Morgan fingerprint density at radius 2 is 1.70 bits per heavy atom. The maximum absolute atomic E-state index is 13.0. The molecule has 2 saturated heterocycles. The zero-order valence-corrected chi connectivity index (χ0v) is 15.8. The topological polar surface area (TPSA) is 115 Å². The van der Waals surface area contributed by atoms with Crippen molar-refractivity contribution in [3.8, 4) is 0 Å². The van der Waals surface area contributed by atoms with Gasteiger partial charge in [-0.05, 0) is 49.3 Å². The van der Waals surface area contributed by atoms with Crippen molar-refractivity contribution in [3.63, 3.8) is 0 Å². The monoisotopic (exact) mass is 396 g/mol. The van der Waals surface area contributed by atoms with Crippen molar-refractivity contribution < 1.29 is 28.2 Å². The van der Waals surface area contributed by atoms with Gasteiger partial charge in [-0.1, -0.05) is 12.1 Å². The number of hydrogen-bond acceptors (Lipinski definition) is 4. The van der Waals surface area contributed by atoms with E-state index in [1.165, 1.54) is 14.7 Å². The third-order valence-corrected chi connectivity index (χ3v) is 7.45. The van der Waals surface area contributed by atoms with Gasteiger partial charge >= 0.3 is 11.9 Å². The van der Waals surface area contributed by atoms with Gasteiger partial charge in [-0.2, -0.15) is 17.0 Å². The number of hydrogen-bond donors (Lipinski definition) is 2. The lowest BCUT2D eigenvalue weighted by Gasteiger charge is -2.37. The fourth-order valence-electron chi connectivity index (χ4n) is 3.85. The standard InChI is InChI=1S/C18H24N2O6S/c21-17(22)13-6-9-19(10-7-13)27(25,26)20-8-2-5-16(12-20)14-3-1-4-15(11-14)18(23)24/h1,3-4,11,13,16H,2,5-10,12H2,(H,21,22)(H,23,24). The molecule has 0 amide bonds. The number of carboxylic acid groups (broad SMARTS) is 2. The normalized spacial score (nSPS) is 23.2. The van der Waals surface area contributed by atoms with Crippen LogP contribution in [-0.2, 0) is 15.0 Å². The first-order chi connectivity index (χ1) is 12.8. The second kappa shape index (κ2) is 7.95. The van der Waals surface area contributed by atoms with E-state index in [1.54, 1.807) is 12.1 Å². The lowest BCUT2D eigenvalue weighted by molar-refractivity contribution is -0.142. The van der Waals surface area contributed by atoms with Crippen LogP contribution in [0.4, 0.5) is 0 Å². The minimum absolute atomic E-state index is 0.0515. The summed E-state index contributed by atoms with van der Waals surface area (Å²) in [6, 6.07) is 6.66. The molecule has 1 atom stereocenters. The van der Waals surface area contributed by atoms with Crippen molar-refractivity contribution >= 4 is 22.1 Å². The second-order valence-corrected chi connectivity index (χ2v) is 9.08. The van der Waals surface area contributed by atoms with E-state index < -0.39 is 28.1 Å². The summed E-state index contributed by atoms with van der Waals surface area (Å²) in [5.74, 6) is -2.41. The molecule has 3 rings (SSSR count). The third-order valence-electron chi connectivity index (χ3n) is 5.44. The molecular formula is C18H24N2O6S. The highest BCUT2D eigenvalue weighted by Gasteiger charge is 2.37. The van der Waals surface area contributed by atoms with E-state index in [0.717, 1.165) is 12.0 Å². The Kier molecular flexibility index (Phi) is 5.83. The van der Waals surface area contributed by atoms with E-state index in [1.807, 2.05) is 6.07 Å². The first kappa shape index (κ1) is 19.8. The van der Waals surface area contributed by atoms with Crippen molar-refractivity contribution in [3.05, 3.63) is 35.4 Å². The zero-order valence-electron chi connectivity index (χ0n) is 15.0. The zero-order chi connectivity index (χ0) is 19.6. The van der Waals surface area contributed by atoms with Crippen molar-refractivity contribution in [1.82, 2.24) is 8.61 Å². The number of benzene rings is 1. The van der Waals surface area contributed by atoms with Gasteiger partial charge in [0.25, 0.3) is 10.2 Å². The highest BCUT2D eigenvalue weighted by atomic mass is 32.2. The van der Waals surface area contributed by atoms with Crippen LogP contribution in [0.25, 0.3) is 0 Å². The summed E-state index contributed by atoms with van der Waals surface area (Å²) in [4.78, 5) is 22.3. The van der Waals surface area contributed by atoms with E-state index in [-0.39, 0.29) is 24.6 Å². The summed E-state index contributed by atoms with van der Waals surface area (Å²) in [6.45, 7) is 1.17. The van der Waals surface area contributed by atoms with Gasteiger partial charge in [0.1, 0.15) is 0 Å². The Hall–Kier alpha value is -1.97. The predicted octanol–water partition coefficient (Wildman–Crippen LogP) is 1.61. The van der Waals surface area contributed by atoms with E-state index >= 15 is 0 Å². The smallest absolute Gasteiger partial charge is 0.335 e. The summed E-state index contributed by atoms with van der Waals surface area (Å²) >= 11 is 0. The number of rotatable bonds is 5. The number of nitrogens with zero attached hydrogens (tertiary/aromatic N) is 2. The van der Waals surface area contributed by atoms with Gasteiger partial charge in [-0.15, -0.1) is 0 Å². The molecular weight excluding hydrogens is 372 g/mol. The summed E-state index contributed by atoms with van der Waals surface area (Å²) < 4.78 is 28.8. The molecule has 2 fully saturated rings. The van der Waals surface area contributed by atoms with Gasteiger partial charge in [-0.3, -0.25) is 4.79 Å². The highest BCUT2D eigenvalue weighted by Crippen LogP contribution is 2.31. The SMILES string of the molecule is O=C(O)c1cccc(C2CCCN(S(=O)(=O)N3CCC(C(=O)O)CC3)C2)c1. The lowest BCUT2D eigenvalue weighted by Crippen LogP contribution is -2.50. The minimum atomic E-state index is -3.64. The van der Waals surface area contributed by atoms with Gasteiger partial charge in [0, 0.05) is 26.2 Å². The van der Waals surface area contributed by atoms with Gasteiger partial charge < -0.3 is 10.2 Å². The fourth-order valence-corrected chi connectivity index (χ4v) is 5.57. The Bertz CT molecular complexity index is 817. The number of aromatic carboxylic acids is 1. The molecule has 9 heteroatoms. The molecule has 0 aromatic heterocycles. The Morgan fingerprint density at radius 3 is 2.33 bits per heavy atom. The largest absolute Gasteiger partial charge is 0.481 e. The Labute approximate surface area is 158 Å². The van der Waals surface area contributed by atoms with E-state index in [2.05, 4.69) is 0 Å².